The summed E-state index contributed by atoms with van der Waals surface area (Å²) >= 11 is 0. The number of benzene rings is 1. The summed E-state index contributed by atoms with van der Waals surface area (Å²) in [5.74, 6) is 0.590. The van der Waals surface area contributed by atoms with Crippen molar-refractivity contribution in [2.24, 2.45) is 0 Å². The lowest BCUT2D eigenvalue weighted by molar-refractivity contribution is -0.139. The average Bonchev–Trinajstić information content (AvgIpc) is 2.63. The van der Waals surface area contributed by atoms with Crippen LogP contribution in [0.3, 0.4) is 0 Å². The Bertz CT molecular complexity index is 717. The molecule has 0 saturated heterocycles. The van der Waals surface area contributed by atoms with Gasteiger partial charge in [-0.2, -0.15) is 0 Å². The third kappa shape index (κ3) is 4.48. The minimum Gasteiger partial charge on any atom is -0.491 e. The number of unbranched alkanes of at least 4 members (excludes halogenated alkanes) is 1. The topological polar surface area (TPSA) is 60.5 Å². The van der Waals surface area contributed by atoms with E-state index in [1.165, 1.54) is 0 Å². The molecule has 25 heavy (non-hydrogen) atoms. The van der Waals surface area contributed by atoms with Crippen LogP contribution < -0.4 is 10.1 Å². The molecule has 5 heteroatoms. The van der Waals surface area contributed by atoms with Crippen LogP contribution >= 0.6 is 0 Å². The van der Waals surface area contributed by atoms with E-state index in [2.05, 4.69) is 17.2 Å². The van der Waals surface area contributed by atoms with Crippen LogP contribution in [-0.2, 0) is 9.53 Å². The maximum atomic E-state index is 12.7. The molecule has 1 aromatic carbocycles. The molecule has 136 valence electrons. The molecule has 0 bridgehead atoms. The number of carbonyl (C=O) groups is 1. The molecule has 0 saturated carbocycles. The van der Waals surface area contributed by atoms with Crippen molar-refractivity contribution in [2.45, 2.75) is 52.6 Å². The first-order valence-electron chi connectivity index (χ1n) is 9.01. The number of ether oxygens (including phenoxy) is 2. The van der Waals surface area contributed by atoms with Crippen molar-refractivity contribution in [3.8, 4) is 5.75 Å². The molecular weight excluding hydrogens is 316 g/mol. The Labute approximate surface area is 149 Å². The van der Waals surface area contributed by atoms with E-state index >= 15 is 0 Å². The quantitative estimate of drug-likeness (QED) is 0.678. The van der Waals surface area contributed by atoms with Gasteiger partial charge in [-0.25, -0.2) is 0 Å². The number of pyridine rings is 1. The summed E-state index contributed by atoms with van der Waals surface area (Å²) in [5.41, 5.74) is 0.626. The summed E-state index contributed by atoms with van der Waals surface area (Å²) in [4.78, 5) is 17.1. The van der Waals surface area contributed by atoms with Crippen molar-refractivity contribution >= 4 is 22.5 Å². The number of amides is 1. The number of hydrogen-bond donors (Lipinski definition) is 1. The van der Waals surface area contributed by atoms with Crippen molar-refractivity contribution in [2.75, 3.05) is 18.5 Å². The molecule has 2 aromatic rings. The lowest BCUT2D eigenvalue weighted by Crippen LogP contribution is -2.42. The molecule has 1 aromatic heterocycles. The maximum Gasteiger partial charge on any atom is 0.256 e. The summed E-state index contributed by atoms with van der Waals surface area (Å²) < 4.78 is 11.5. The van der Waals surface area contributed by atoms with Gasteiger partial charge in [-0.05, 0) is 51.0 Å². The molecule has 1 atom stereocenters. The van der Waals surface area contributed by atoms with Crippen LogP contribution in [-0.4, -0.2) is 29.7 Å². The van der Waals surface area contributed by atoms with Gasteiger partial charge in [-0.3, -0.25) is 9.78 Å². The normalized spacial score (nSPS) is 13.4. The largest absolute Gasteiger partial charge is 0.491 e. The minimum atomic E-state index is -0.848. The van der Waals surface area contributed by atoms with E-state index in [1.54, 1.807) is 6.20 Å². The van der Waals surface area contributed by atoms with Gasteiger partial charge in [-0.1, -0.05) is 20.3 Å². The molecule has 0 fully saturated rings. The zero-order valence-corrected chi connectivity index (χ0v) is 15.6. The fraction of sp³-hybridized carbons (Fsp3) is 0.500. The van der Waals surface area contributed by atoms with Gasteiger partial charge >= 0.3 is 0 Å². The standard InChI is InChI=1S/C20H28N2O3/c1-5-8-14-24-17-12-11-16(15-10-9-13-21-18(15)17)22-19(23)20(4,6-2)25-7-3/h9-13H,5-8,14H2,1-4H3,(H,22,23)/t20-/m0/s1. The van der Waals surface area contributed by atoms with Crippen molar-refractivity contribution in [3.63, 3.8) is 0 Å². The van der Waals surface area contributed by atoms with Crippen molar-refractivity contribution in [3.05, 3.63) is 30.5 Å². The molecule has 1 heterocycles. The van der Waals surface area contributed by atoms with Gasteiger partial charge in [0.2, 0.25) is 0 Å². The maximum absolute atomic E-state index is 12.7. The average molecular weight is 344 g/mol. The SMILES string of the molecule is CCCCOc1ccc(NC(=O)[C@](C)(CC)OCC)c2cccnc12. The van der Waals surface area contributed by atoms with Gasteiger partial charge < -0.3 is 14.8 Å². The van der Waals surface area contributed by atoms with Crippen molar-refractivity contribution in [1.29, 1.82) is 0 Å². The Balaban J connectivity index is 2.30. The van der Waals surface area contributed by atoms with E-state index in [-0.39, 0.29) is 5.91 Å². The summed E-state index contributed by atoms with van der Waals surface area (Å²) in [6.07, 6.45) is 4.40. The second-order valence-electron chi connectivity index (χ2n) is 6.18. The molecule has 5 nitrogen and oxygen atoms in total. The van der Waals surface area contributed by atoms with Gasteiger partial charge in [0, 0.05) is 18.2 Å². The van der Waals surface area contributed by atoms with Gasteiger partial charge in [0.1, 0.15) is 16.9 Å². The van der Waals surface area contributed by atoms with Crippen molar-refractivity contribution in [1.82, 2.24) is 4.98 Å². The van der Waals surface area contributed by atoms with E-state index in [0.717, 1.165) is 35.2 Å². The molecule has 0 unspecified atom stereocenters. The zero-order chi connectivity index (χ0) is 18.3. The van der Waals surface area contributed by atoms with E-state index in [9.17, 15) is 4.79 Å². The second kappa shape index (κ2) is 8.81. The number of nitrogens with one attached hydrogen (secondary N) is 1. The predicted octanol–water partition coefficient (Wildman–Crippen LogP) is 4.56. The fourth-order valence-electron chi connectivity index (χ4n) is 2.60. The van der Waals surface area contributed by atoms with E-state index in [4.69, 9.17) is 9.47 Å². The molecule has 0 spiro atoms. The van der Waals surface area contributed by atoms with Crippen molar-refractivity contribution < 1.29 is 14.3 Å². The zero-order valence-electron chi connectivity index (χ0n) is 15.6. The predicted molar refractivity (Wildman–Crippen MR) is 101 cm³/mol. The molecule has 0 aliphatic rings. The molecule has 0 radical (unpaired) electrons. The van der Waals surface area contributed by atoms with Crippen LogP contribution in [0.1, 0.15) is 47.0 Å². The van der Waals surface area contributed by atoms with Crippen LogP contribution in [0.15, 0.2) is 30.5 Å². The third-order valence-corrected chi connectivity index (χ3v) is 4.35. The molecule has 2 rings (SSSR count). The fourth-order valence-corrected chi connectivity index (χ4v) is 2.60. The Morgan fingerprint density at radius 1 is 1.24 bits per heavy atom. The number of carbonyl (C=O) groups excluding carboxylic acids is 1. The highest BCUT2D eigenvalue weighted by molar-refractivity contribution is 6.05. The van der Waals surface area contributed by atoms with E-state index in [1.807, 2.05) is 45.0 Å². The Morgan fingerprint density at radius 3 is 2.72 bits per heavy atom. The first-order valence-corrected chi connectivity index (χ1v) is 9.01. The van der Waals surface area contributed by atoms with Crippen LogP contribution in [0.2, 0.25) is 0 Å². The highest BCUT2D eigenvalue weighted by Crippen LogP contribution is 2.31. The van der Waals surface area contributed by atoms with E-state index < -0.39 is 5.60 Å². The summed E-state index contributed by atoms with van der Waals surface area (Å²) in [6, 6.07) is 7.53. The van der Waals surface area contributed by atoms with Crippen LogP contribution in [0.25, 0.3) is 10.9 Å². The third-order valence-electron chi connectivity index (χ3n) is 4.35. The van der Waals surface area contributed by atoms with Gasteiger partial charge in [0.05, 0.1) is 12.3 Å². The molecular formula is C20H28N2O3. The first kappa shape index (κ1) is 19.2. The van der Waals surface area contributed by atoms with Crippen LogP contribution in [0.4, 0.5) is 5.69 Å². The number of fused-ring (bicyclic) bond motifs is 1. The van der Waals surface area contributed by atoms with Gasteiger partial charge in [0.25, 0.3) is 5.91 Å². The van der Waals surface area contributed by atoms with Gasteiger partial charge in [-0.15, -0.1) is 0 Å². The second-order valence-corrected chi connectivity index (χ2v) is 6.18. The number of rotatable bonds is 9. The Morgan fingerprint density at radius 2 is 2.04 bits per heavy atom. The molecule has 1 amide bonds. The van der Waals surface area contributed by atoms with Crippen LogP contribution in [0, 0.1) is 0 Å². The number of nitrogens with zero attached hydrogens (tertiary/aromatic N) is 1. The minimum absolute atomic E-state index is 0.151. The summed E-state index contributed by atoms with van der Waals surface area (Å²) in [7, 11) is 0. The Kier molecular flexibility index (Phi) is 6.76. The van der Waals surface area contributed by atoms with Crippen LogP contribution in [0.5, 0.6) is 5.75 Å². The molecule has 1 N–H and O–H groups in total. The number of aromatic nitrogens is 1. The number of hydrogen-bond acceptors (Lipinski definition) is 4. The Hall–Kier alpha value is -2.14. The number of anilines is 1. The molecule has 0 aliphatic heterocycles. The van der Waals surface area contributed by atoms with Gasteiger partial charge in [0.15, 0.2) is 0 Å². The smallest absolute Gasteiger partial charge is 0.256 e. The lowest BCUT2D eigenvalue weighted by Gasteiger charge is -2.27. The van der Waals surface area contributed by atoms with E-state index in [0.29, 0.717) is 19.6 Å². The highest BCUT2D eigenvalue weighted by Gasteiger charge is 2.32. The lowest BCUT2D eigenvalue weighted by atomic mass is 10.0. The first-order chi connectivity index (χ1) is 12.1. The monoisotopic (exact) mass is 344 g/mol. The highest BCUT2D eigenvalue weighted by atomic mass is 16.5. The summed E-state index contributed by atoms with van der Waals surface area (Å²) in [5, 5.41) is 3.86. The molecule has 0 aliphatic carbocycles. The summed E-state index contributed by atoms with van der Waals surface area (Å²) in [6.45, 7) is 8.93.